The van der Waals surface area contributed by atoms with Gasteiger partial charge in [0.25, 0.3) is 5.56 Å². The summed E-state index contributed by atoms with van der Waals surface area (Å²) in [7, 11) is 1.66. The second-order valence-electron chi connectivity index (χ2n) is 6.30. The van der Waals surface area contributed by atoms with E-state index in [4.69, 9.17) is 4.74 Å². The molecule has 0 bridgehead atoms. The van der Waals surface area contributed by atoms with Gasteiger partial charge in [0.2, 0.25) is 0 Å². The predicted octanol–water partition coefficient (Wildman–Crippen LogP) is 4.94. The van der Waals surface area contributed by atoms with Gasteiger partial charge in [-0.25, -0.2) is 4.98 Å². The van der Waals surface area contributed by atoms with Gasteiger partial charge in [-0.2, -0.15) is 0 Å². The monoisotopic (exact) mass is 362 g/mol. The SMILES string of the molecule is COc1ccc(-c2csc3nc(-c4cccc(C)c4)[nH]c(=O)c23)cc1C. The summed E-state index contributed by atoms with van der Waals surface area (Å²) in [5.74, 6) is 1.44. The molecule has 2 heterocycles. The molecule has 0 aliphatic rings. The van der Waals surface area contributed by atoms with E-state index in [9.17, 15) is 4.79 Å². The van der Waals surface area contributed by atoms with Gasteiger partial charge in [-0.15, -0.1) is 11.3 Å². The first-order valence-corrected chi connectivity index (χ1v) is 9.18. The molecule has 0 spiro atoms. The Hall–Kier alpha value is -2.92. The Morgan fingerprint density at radius 2 is 1.92 bits per heavy atom. The molecule has 0 saturated carbocycles. The van der Waals surface area contributed by atoms with Gasteiger partial charge in [0.15, 0.2) is 0 Å². The Bertz CT molecular complexity index is 1170. The Morgan fingerprint density at radius 3 is 2.65 bits per heavy atom. The summed E-state index contributed by atoms with van der Waals surface area (Å²) in [5.41, 5.74) is 4.86. The minimum absolute atomic E-state index is 0.115. The maximum absolute atomic E-state index is 12.8. The number of methoxy groups -OCH3 is 1. The number of H-pyrrole nitrogens is 1. The first kappa shape index (κ1) is 16.5. The lowest BCUT2D eigenvalue weighted by atomic mass is 10.0. The largest absolute Gasteiger partial charge is 0.496 e. The number of ether oxygens (including phenoxy) is 1. The summed E-state index contributed by atoms with van der Waals surface area (Å²) < 4.78 is 5.33. The fourth-order valence-electron chi connectivity index (χ4n) is 3.14. The Balaban J connectivity index is 1.87. The van der Waals surface area contributed by atoms with Crippen LogP contribution in [-0.4, -0.2) is 17.1 Å². The van der Waals surface area contributed by atoms with Crippen molar-refractivity contribution in [2.45, 2.75) is 13.8 Å². The molecule has 5 heteroatoms. The molecular formula is C21H18N2O2S. The molecule has 4 aromatic rings. The van der Waals surface area contributed by atoms with E-state index >= 15 is 0 Å². The van der Waals surface area contributed by atoms with Gasteiger partial charge in [0.05, 0.1) is 12.5 Å². The molecule has 1 N–H and O–H groups in total. The number of rotatable bonds is 3. The van der Waals surface area contributed by atoms with Crippen LogP contribution in [0.4, 0.5) is 0 Å². The van der Waals surface area contributed by atoms with Gasteiger partial charge in [-0.1, -0.05) is 29.8 Å². The number of aromatic amines is 1. The number of thiophene rings is 1. The second-order valence-corrected chi connectivity index (χ2v) is 7.16. The summed E-state index contributed by atoms with van der Waals surface area (Å²) in [5, 5.41) is 2.63. The van der Waals surface area contributed by atoms with Gasteiger partial charge in [-0.3, -0.25) is 4.79 Å². The van der Waals surface area contributed by atoms with Crippen molar-refractivity contribution in [2.24, 2.45) is 0 Å². The van der Waals surface area contributed by atoms with Crippen molar-refractivity contribution in [1.82, 2.24) is 9.97 Å². The Kier molecular flexibility index (Phi) is 4.09. The van der Waals surface area contributed by atoms with Crippen molar-refractivity contribution in [2.75, 3.05) is 7.11 Å². The third kappa shape index (κ3) is 2.80. The summed E-state index contributed by atoms with van der Waals surface area (Å²) in [4.78, 5) is 21.2. The zero-order valence-electron chi connectivity index (χ0n) is 14.8. The van der Waals surface area contributed by atoms with Crippen molar-refractivity contribution in [1.29, 1.82) is 0 Å². The molecule has 0 amide bonds. The van der Waals surface area contributed by atoms with Crippen molar-refractivity contribution in [3.05, 3.63) is 69.3 Å². The van der Waals surface area contributed by atoms with Crippen molar-refractivity contribution >= 4 is 21.6 Å². The lowest BCUT2D eigenvalue weighted by Gasteiger charge is -2.07. The first-order valence-electron chi connectivity index (χ1n) is 8.30. The zero-order valence-corrected chi connectivity index (χ0v) is 15.6. The molecule has 0 atom stereocenters. The maximum Gasteiger partial charge on any atom is 0.260 e. The topological polar surface area (TPSA) is 55.0 Å². The first-order chi connectivity index (χ1) is 12.6. The van der Waals surface area contributed by atoms with E-state index in [1.807, 2.05) is 61.7 Å². The molecule has 130 valence electrons. The number of aryl methyl sites for hydroxylation is 2. The van der Waals surface area contributed by atoms with Gasteiger partial charge in [-0.05, 0) is 43.2 Å². The standard InChI is InChI=1S/C21H18N2O2S/c1-12-5-4-6-15(9-12)19-22-20(24)18-16(11-26-21(18)23-19)14-7-8-17(25-3)13(2)10-14/h4-11H,1-3H3,(H,22,23,24). The number of hydrogen-bond acceptors (Lipinski definition) is 4. The van der Waals surface area contributed by atoms with Crippen molar-refractivity contribution in [3.63, 3.8) is 0 Å². The molecule has 2 aromatic carbocycles. The van der Waals surface area contributed by atoms with Crippen LogP contribution in [0.3, 0.4) is 0 Å². The van der Waals surface area contributed by atoms with Gasteiger partial charge in [0, 0.05) is 16.5 Å². The molecule has 0 unspecified atom stereocenters. The molecule has 4 nitrogen and oxygen atoms in total. The average Bonchev–Trinajstić information content (AvgIpc) is 3.06. The van der Waals surface area contributed by atoms with E-state index in [-0.39, 0.29) is 5.56 Å². The van der Waals surface area contributed by atoms with Crippen LogP contribution in [-0.2, 0) is 0 Å². The van der Waals surface area contributed by atoms with Crippen LogP contribution in [0.1, 0.15) is 11.1 Å². The highest BCUT2D eigenvalue weighted by atomic mass is 32.1. The summed E-state index contributed by atoms with van der Waals surface area (Å²) in [6.45, 7) is 4.02. The summed E-state index contributed by atoms with van der Waals surface area (Å²) in [6.07, 6.45) is 0. The second kappa shape index (κ2) is 6.42. The number of nitrogens with zero attached hydrogens (tertiary/aromatic N) is 1. The minimum Gasteiger partial charge on any atom is -0.496 e. The number of aromatic nitrogens is 2. The highest BCUT2D eigenvalue weighted by Gasteiger charge is 2.14. The third-order valence-electron chi connectivity index (χ3n) is 4.44. The van der Waals surface area contributed by atoms with Crippen LogP contribution in [0.2, 0.25) is 0 Å². The number of benzene rings is 2. The van der Waals surface area contributed by atoms with Crippen LogP contribution in [0, 0.1) is 13.8 Å². The molecule has 0 fully saturated rings. The summed E-state index contributed by atoms with van der Waals surface area (Å²) in [6, 6.07) is 13.9. The molecule has 0 aliphatic carbocycles. The molecular weight excluding hydrogens is 344 g/mol. The fourth-order valence-corrected chi connectivity index (χ4v) is 4.08. The van der Waals surface area contributed by atoms with Crippen LogP contribution >= 0.6 is 11.3 Å². The van der Waals surface area contributed by atoms with E-state index in [1.54, 1.807) is 7.11 Å². The third-order valence-corrected chi connectivity index (χ3v) is 5.31. The molecule has 0 saturated heterocycles. The van der Waals surface area contributed by atoms with E-state index < -0.39 is 0 Å². The van der Waals surface area contributed by atoms with Crippen LogP contribution in [0.5, 0.6) is 5.75 Å². The minimum atomic E-state index is -0.115. The highest BCUT2D eigenvalue weighted by Crippen LogP contribution is 2.33. The lowest BCUT2D eigenvalue weighted by Crippen LogP contribution is -2.09. The quantitative estimate of drug-likeness (QED) is 0.561. The van der Waals surface area contributed by atoms with Crippen molar-refractivity contribution in [3.8, 4) is 28.3 Å². The predicted molar refractivity (Wildman–Crippen MR) is 107 cm³/mol. The maximum atomic E-state index is 12.8. The molecule has 2 aromatic heterocycles. The average molecular weight is 362 g/mol. The Labute approximate surface area is 155 Å². The number of fused-ring (bicyclic) bond motifs is 1. The smallest absolute Gasteiger partial charge is 0.260 e. The number of hydrogen-bond donors (Lipinski definition) is 1. The van der Waals surface area contributed by atoms with Crippen LogP contribution < -0.4 is 10.3 Å². The molecule has 4 rings (SSSR count). The number of nitrogens with one attached hydrogen (secondary N) is 1. The molecule has 0 aliphatic heterocycles. The van der Waals surface area contributed by atoms with Crippen LogP contribution in [0.15, 0.2) is 52.6 Å². The lowest BCUT2D eigenvalue weighted by molar-refractivity contribution is 0.412. The Morgan fingerprint density at radius 1 is 1.08 bits per heavy atom. The van der Waals surface area contributed by atoms with Crippen molar-refractivity contribution < 1.29 is 4.74 Å². The van der Waals surface area contributed by atoms with E-state index in [0.29, 0.717) is 11.2 Å². The van der Waals surface area contributed by atoms with E-state index in [2.05, 4.69) is 9.97 Å². The highest BCUT2D eigenvalue weighted by molar-refractivity contribution is 7.17. The zero-order chi connectivity index (χ0) is 18.3. The van der Waals surface area contributed by atoms with Gasteiger partial charge in [0.1, 0.15) is 16.4 Å². The molecule has 26 heavy (non-hydrogen) atoms. The van der Waals surface area contributed by atoms with Crippen LogP contribution in [0.25, 0.3) is 32.7 Å². The fraction of sp³-hybridized carbons (Fsp3) is 0.143. The van der Waals surface area contributed by atoms with Gasteiger partial charge >= 0.3 is 0 Å². The normalized spacial score (nSPS) is 11.0. The van der Waals surface area contributed by atoms with E-state index in [1.165, 1.54) is 11.3 Å². The van der Waals surface area contributed by atoms with Gasteiger partial charge < -0.3 is 9.72 Å². The summed E-state index contributed by atoms with van der Waals surface area (Å²) >= 11 is 1.49. The van der Waals surface area contributed by atoms with E-state index in [0.717, 1.165) is 38.4 Å². The molecule has 0 radical (unpaired) electrons.